The van der Waals surface area contributed by atoms with Crippen LogP contribution in [0.25, 0.3) is 0 Å². The number of amides is 2. The number of phenolic OH excluding ortho intramolecular Hbond substituents is 1. The normalized spacial score (nSPS) is 11.4. The molecule has 0 fully saturated rings. The van der Waals surface area contributed by atoms with Crippen molar-refractivity contribution < 1.29 is 14.7 Å². The van der Waals surface area contributed by atoms with Crippen molar-refractivity contribution in [3.63, 3.8) is 0 Å². The number of carbonyl (C=O) groups is 2. The Morgan fingerprint density at radius 2 is 1.73 bits per heavy atom. The fraction of sp³-hybridized carbons (Fsp3) is 0.211. The summed E-state index contributed by atoms with van der Waals surface area (Å²) in [6, 6.07) is 12.1. The summed E-state index contributed by atoms with van der Waals surface area (Å²) < 4.78 is 0.750. The maximum Gasteiger partial charge on any atom is 0.329 e. The summed E-state index contributed by atoms with van der Waals surface area (Å²) in [7, 11) is 0. The summed E-state index contributed by atoms with van der Waals surface area (Å²) >= 11 is 3.27. The van der Waals surface area contributed by atoms with E-state index in [2.05, 4.69) is 52.5 Å². The highest BCUT2D eigenvalue weighted by Crippen LogP contribution is 2.23. The lowest BCUT2D eigenvalue weighted by Crippen LogP contribution is -2.32. The fourth-order valence-electron chi connectivity index (χ4n) is 2.08. The number of hydrogen-bond acceptors (Lipinski definition) is 4. The van der Waals surface area contributed by atoms with E-state index in [1.165, 1.54) is 12.3 Å². The second kappa shape index (κ2) is 8.14. The molecule has 0 spiro atoms. The van der Waals surface area contributed by atoms with Crippen LogP contribution in [0.5, 0.6) is 5.75 Å². The third-order valence-corrected chi connectivity index (χ3v) is 4.07. The average Bonchev–Trinajstić information content (AvgIpc) is 2.57. The predicted molar refractivity (Wildman–Crippen MR) is 105 cm³/mol. The summed E-state index contributed by atoms with van der Waals surface area (Å²) in [4.78, 5) is 23.7. The first-order valence-corrected chi connectivity index (χ1v) is 8.69. The van der Waals surface area contributed by atoms with Crippen molar-refractivity contribution >= 4 is 39.6 Å². The number of nitrogens with zero attached hydrogens (tertiary/aromatic N) is 1. The molecule has 0 aliphatic carbocycles. The first-order valence-electron chi connectivity index (χ1n) is 7.90. The molecule has 136 valence electrons. The van der Waals surface area contributed by atoms with Gasteiger partial charge in [0.05, 0.1) is 6.21 Å². The van der Waals surface area contributed by atoms with E-state index < -0.39 is 11.8 Å². The largest absolute Gasteiger partial charge is 0.507 e. The van der Waals surface area contributed by atoms with E-state index in [0.29, 0.717) is 11.3 Å². The second-order valence-electron chi connectivity index (χ2n) is 6.68. The van der Waals surface area contributed by atoms with Gasteiger partial charge >= 0.3 is 11.8 Å². The molecule has 0 bridgehead atoms. The van der Waals surface area contributed by atoms with E-state index >= 15 is 0 Å². The molecular weight excluding hydrogens is 398 g/mol. The van der Waals surface area contributed by atoms with Crippen molar-refractivity contribution in [2.75, 3.05) is 5.32 Å². The predicted octanol–water partition coefficient (Wildman–Crippen LogP) is 3.54. The van der Waals surface area contributed by atoms with E-state index in [9.17, 15) is 14.7 Å². The number of benzene rings is 2. The third kappa shape index (κ3) is 5.42. The molecule has 0 heterocycles. The molecule has 7 heteroatoms. The molecule has 0 atom stereocenters. The zero-order valence-electron chi connectivity index (χ0n) is 14.7. The second-order valence-corrected chi connectivity index (χ2v) is 7.60. The van der Waals surface area contributed by atoms with Gasteiger partial charge in [-0.25, -0.2) is 5.43 Å². The monoisotopic (exact) mass is 417 g/mol. The molecule has 3 N–H and O–H groups in total. The van der Waals surface area contributed by atoms with Crippen LogP contribution in [0.1, 0.15) is 31.9 Å². The van der Waals surface area contributed by atoms with Gasteiger partial charge in [-0.3, -0.25) is 9.59 Å². The molecule has 0 saturated heterocycles. The number of hydrogen-bond donors (Lipinski definition) is 3. The van der Waals surface area contributed by atoms with Gasteiger partial charge < -0.3 is 10.4 Å². The number of anilines is 1. The molecule has 2 amide bonds. The van der Waals surface area contributed by atoms with E-state index in [0.717, 1.165) is 10.0 Å². The van der Waals surface area contributed by atoms with Crippen molar-refractivity contribution in [1.29, 1.82) is 0 Å². The van der Waals surface area contributed by atoms with Crippen LogP contribution in [0, 0.1) is 0 Å². The van der Waals surface area contributed by atoms with Crippen LogP contribution in [0.4, 0.5) is 5.69 Å². The van der Waals surface area contributed by atoms with Crippen molar-refractivity contribution in [2.24, 2.45) is 5.10 Å². The van der Waals surface area contributed by atoms with Gasteiger partial charge in [0.1, 0.15) is 5.75 Å². The Morgan fingerprint density at radius 3 is 2.35 bits per heavy atom. The SMILES string of the molecule is CC(C)(C)c1ccc(NC(=O)C(=O)N/N=C\c2cc(Br)ccc2O)cc1. The third-order valence-electron chi connectivity index (χ3n) is 3.57. The number of hydrazone groups is 1. The number of halogens is 1. The maximum atomic E-state index is 11.9. The van der Waals surface area contributed by atoms with Crippen molar-refractivity contribution in [3.8, 4) is 5.75 Å². The maximum absolute atomic E-state index is 11.9. The van der Waals surface area contributed by atoms with Gasteiger partial charge in [-0.15, -0.1) is 0 Å². The van der Waals surface area contributed by atoms with Crippen LogP contribution in [0.15, 0.2) is 52.0 Å². The van der Waals surface area contributed by atoms with E-state index in [4.69, 9.17) is 0 Å². The van der Waals surface area contributed by atoms with E-state index in [1.54, 1.807) is 24.3 Å². The summed E-state index contributed by atoms with van der Waals surface area (Å²) in [6.07, 6.45) is 1.25. The van der Waals surface area contributed by atoms with Crippen LogP contribution < -0.4 is 10.7 Å². The number of nitrogens with one attached hydrogen (secondary N) is 2. The van der Waals surface area contributed by atoms with Crippen molar-refractivity contribution in [2.45, 2.75) is 26.2 Å². The Kier molecular flexibility index (Phi) is 6.15. The molecule has 6 nitrogen and oxygen atoms in total. The van der Waals surface area contributed by atoms with Gasteiger partial charge in [0.2, 0.25) is 0 Å². The molecule has 2 aromatic rings. The van der Waals surface area contributed by atoms with Gasteiger partial charge in [-0.05, 0) is 41.3 Å². The Bertz CT molecular complexity index is 840. The molecule has 2 rings (SSSR count). The highest BCUT2D eigenvalue weighted by molar-refractivity contribution is 9.10. The van der Waals surface area contributed by atoms with Gasteiger partial charge in [-0.2, -0.15) is 5.10 Å². The summed E-state index contributed by atoms with van der Waals surface area (Å²) in [5.41, 5.74) is 4.18. The average molecular weight is 418 g/mol. The van der Waals surface area contributed by atoms with Crippen LogP contribution in [0.2, 0.25) is 0 Å². The number of phenols is 1. The minimum absolute atomic E-state index is 0.00657. The first kappa shape index (κ1) is 19.7. The molecular formula is C19H20BrN3O3. The number of rotatable bonds is 3. The molecule has 2 aromatic carbocycles. The standard InChI is InChI=1S/C19H20BrN3O3/c1-19(2,3)13-4-7-15(8-5-13)22-17(25)18(26)23-21-11-12-10-14(20)6-9-16(12)24/h4-11,24H,1-3H3,(H,22,25)(H,23,26)/b21-11-. The number of carbonyl (C=O) groups excluding carboxylic acids is 2. The van der Waals surface area contributed by atoms with Gasteiger partial charge in [0.15, 0.2) is 0 Å². The van der Waals surface area contributed by atoms with Crippen molar-refractivity contribution in [3.05, 3.63) is 58.1 Å². The number of aromatic hydroxyl groups is 1. The molecule has 0 radical (unpaired) electrons. The van der Waals surface area contributed by atoms with Gasteiger partial charge in [0, 0.05) is 15.7 Å². The quantitative estimate of drug-likeness (QED) is 0.405. The Balaban J connectivity index is 1.94. The van der Waals surface area contributed by atoms with Gasteiger partial charge in [-0.1, -0.05) is 48.8 Å². The topological polar surface area (TPSA) is 90.8 Å². The smallest absolute Gasteiger partial charge is 0.329 e. The minimum Gasteiger partial charge on any atom is -0.507 e. The molecule has 0 saturated carbocycles. The summed E-state index contributed by atoms with van der Waals surface area (Å²) in [6.45, 7) is 6.28. The molecule has 0 unspecified atom stereocenters. The Hall–Kier alpha value is -2.67. The Labute approximate surface area is 160 Å². The van der Waals surface area contributed by atoms with Crippen LogP contribution in [0.3, 0.4) is 0 Å². The van der Waals surface area contributed by atoms with Crippen LogP contribution in [-0.4, -0.2) is 23.1 Å². The molecule has 26 heavy (non-hydrogen) atoms. The zero-order valence-corrected chi connectivity index (χ0v) is 16.3. The fourth-order valence-corrected chi connectivity index (χ4v) is 2.46. The lowest BCUT2D eigenvalue weighted by molar-refractivity contribution is -0.136. The zero-order chi connectivity index (χ0) is 19.3. The molecule has 0 aliphatic heterocycles. The van der Waals surface area contributed by atoms with Crippen LogP contribution in [-0.2, 0) is 15.0 Å². The Morgan fingerprint density at radius 1 is 1.08 bits per heavy atom. The summed E-state index contributed by atoms with van der Waals surface area (Å²) in [5, 5.41) is 15.9. The highest BCUT2D eigenvalue weighted by atomic mass is 79.9. The lowest BCUT2D eigenvalue weighted by atomic mass is 9.87. The molecule has 0 aliphatic rings. The molecule has 0 aromatic heterocycles. The minimum atomic E-state index is -0.907. The summed E-state index contributed by atoms with van der Waals surface area (Å²) in [5.74, 6) is -1.73. The lowest BCUT2D eigenvalue weighted by Gasteiger charge is -2.19. The van der Waals surface area contributed by atoms with E-state index in [1.807, 2.05) is 12.1 Å². The van der Waals surface area contributed by atoms with Crippen LogP contribution >= 0.6 is 15.9 Å². The highest BCUT2D eigenvalue weighted by Gasteiger charge is 2.15. The van der Waals surface area contributed by atoms with Gasteiger partial charge in [0.25, 0.3) is 0 Å². The first-order chi connectivity index (χ1) is 12.2. The van der Waals surface area contributed by atoms with E-state index in [-0.39, 0.29) is 11.2 Å². The van der Waals surface area contributed by atoms with Crippen molar-refractivity contribution in [1.82, 2.24) is 5.43 Å².